The number of aromatic nitrogens is 2. The summed E-state index contributed by atoms with van der Waals surface area (Å²) in [7, 11) is 2.09. The predicted molar refractivity (Wildman–Crippen MR) is 68.6 cm³/mol. The molecule has 3 heterocycles. The molecular weight excluding hydrogens is 228 g/mol. The van der Waals surface area contributed by atoms with Gasteiger partial charge < -0.3 is 14.4 Å². The molecule has 0 saturated carbocycles. The van der Waals surface area contributed by atoms with E-state index in [1.807, 2.05) is 11.1 Å². The number of rotatable bonds is 1. The van der Waals surface area contributed by atoms with Gasteiger partial charge in [-0.2, -0.15) is 0 Å². The van der Waals surface area contributed by atoms with E-state index in [0.717, 1.165) is 45.0 Å². The zero-order valence-corrected chi connectivity index (χ0v) is 10.9. The van der Waals surface area contributed by atoms with Crippen LogP contribution in [0.15, 0.2) is 6.20 Å². The Morgan fingerprint density at radius 1 is 1.17 bits per heavy atom. The molecule has 0 aromatic carbocycles. The van der Waals surface area contributed by atoms with Crippen LogP contribution in [0.4, 0.5) is 0 Å². The molecule has 1 aromatic heterocycles. The smallest absolute Gasteiger partial charge is 0.274 e. The molecule has 0 unspecified atom stereocenters. The summed E-state index contributed by atoms with van der Waals surface area (Å²) in [6.45, 7) is 4.56. The molecule has 2 aliphatic rings. The molecule has 0 bridgehead atoms. The minimum atomic E-state index is 0.102. The van der Waals surface area contributed by atoms with Crippen molar-refractivity contribution in [2.45, 2.75) is 25.8 Å². The summed E-state index contributed by atoms with van der Waals surface area (Å²) in [6.07, 6.45) is 5.34. The highest BCUT2D eigenvalue weighted by atomic mass is 16.2. The van der Waals surface area contributed by atoms with Crippen LogP contribution in [0, 0.1) is 0 Å². The van der Waals surface area contributed by atoms with Crippen molar-refractivity contribution >= 4 is 5.91 Å². The Labute approximate surface area is 107 Å². The van der Waals surface area contributed by atoms with Crippen LogP contribution in [0.2, 0.25) is 0 Å². The van der Waals surface area contributed by atoms with Crippen molar-refractivity contribution in [3.05, 3.63) is 17.7 Å². The Kier molecular flexibility index (Phi) is 3.07. The Hall–Kier alpha value is -1.36. The van der Waals surface area contributed by atoms with E-state index in [-0.39, 0.29) is 5.91 Å². The van der Waals surface area contributed by atoms with Gasteiger partial charge in [0.1, 0.15) is 11.5 Å². The van der Waals surface area contributed by atoms with Gasteiger partial charge in [0.2, 0.25) is 0 Å². The number of fused-ring (bicyclic) bond motifs is 1. The highest BCUT2D eigenvalue weighted by molar-refractivity contribution is 5.92. The lowest BCUT2D eigenvalue weighted by Gasteiger charge is -2.31. The van der Waals surface area contributed by atoms with Crippen molar-refractivity contribution in [1.29, 1.82) is 0 Å². The molecule has 5 heteroatoms. The molecule has 18 heavy (non-hydrogen) atoms. The van der Waals surface area contributed by atoms with Gasteiger partial charge in [0, 0.05) is 45.3 Å². The molecule has 1 amide bonds. The van der Waals surface area contributed by atoms with Crippen LogP contribution in [-0.2, 0) is 13.0 Å². The fraction of sp³-hybridized carbons (Fsp3) is 0.692. The van der Waals surface area contributed by atoms with E-state index in [0.29, 0.717) is 5.69 Å². The number of nitrogens with zero attached hydrogens (tertiary/aromatic N) is 4. The molecule has 0 aliphatic carbocycles. The van der Waals surface area contributed by atoms with Crippen molar-refractivity contribution in [3.63, 3.8) is 0 Å². The first kappa shape index (κ1) is 11.7. The van der Waals surface area contributed by atoms with Crippen LogP contribution < -0.4 is 0 Å². The summed E-state index contributed by atoms with van der Waals surface area (Å²) < 4.78 is 2.15. The van der Waals surface area contributed by atoms with Crippen LogP contribution in [-0.4, -0.2) is 58.5 Å². The molecule has 0 radical (unpaired) electrons. The first-order valence-corrected chi connectivity index (χ1v) is 6.78. The van der Waals surface area contributed by atoms with Gasteiger partial charge in [0.15, 0.2) is 0 Å². The Bertz CT molecular complexity index is 422. The van der Waals surface area contributed by atoms with Gasteiger partial charge in [-0.15, -0.1) is 0 Å². The molecule has 5 nitrogen and oxygen atoms in total. The maximum absolute atomic E-state index is 12.4. The van der Waals surface area contributed by atoms with Gasteiger partial charge in [-0.05, 0) is 19.9 Å². The number of likely N-dealkylation sites (N-methyl/N-ethyl adjacent to an activating group) is 1. The molecule has 0 spiro atoms. The number of aryl methyl sites for hydroxylation is 2. The Morgan fingerprint density at radius 3 is 2.67 bits per heavy atom. The minimum absolute atomic E-state index is 0.102. The summed E-state index contributed by atoms with van der Waals surface area (Å²) in [6, 6.07) is 0. The third kappa shape index (κ3) is 2.14. The average molecular weight is 248 g/mol. The summed E-state index contributed by atoms with van der Waals surface area (Å²) in [5.41, 5.74) is 0.636. The number of carbonyl (C=O) groups excluding carboxylic acids is 1. The molecular formula is C13H20N4O. The van der Waals surface area contributed by atoms with Crippen molar-refractivity contribution in [3.8, 4) is 0 Å². The number of amides is 1. The average Bonchev–Trinajstić information content (AvgIpc) is 2.82. The lowest BCUT2D eigenvalue weighted by Crippen LogP contribution is -2.47. The third-order valence-electron chi connectivity index (χ3n) is 3.92. The zero-order valence-electron chi connectivity index (χ0n) is 10.9. The van der Waals surface area contributed by atoms with E-state index in [1.165, 1.54) is 12.8 Å². The topological polar surface area (TPSA) is 41.4 Å². The molecule has 98 valence electrons. The fourth-order valence-corrected chi connectivity index (χ4v) is 2.69. The highest BCUT2D eigenvalue weighted by Crippen LogP contribution is 2.16. The normalized spacial score (nSPS) is 20.8. The maximum atomic E-state index is 12.4. The lowest BCUT2D eigenvalue weighted by atomic mass is 10.2. The second-order valence-electron chi connectivity index (χ2n) is 5.29. The Balaban J connectivity index is 1.74. The number of imidazole rings is 1. The molecule has 3 rings (SSSR count). The van der Waals surface area contributed by atoms with Gasteiger partial charge >= 0.3 is 0 Å². The summed E-state index contributed by atoms with van der Waals surface area (Å²) in [5, 5.41) is 0. The molecule has 1 aromatic rings. The van der Waals surface area contributed by atoms with E-state index in [9.17, 15) is 4.79 Å². The molecule has 0 N–H and O–H groups in total. The van der Waals surface area contributed by atoms with E-state index < -0.39 is 0 Å². The van der Waals surface area contributed by atoms with E-state index in [4.69, 9.17) is 0 Å². The van der Waals surface area contributed by atoms with E-state index >= 15 is 0 Å². The summed E-state index contributed by atoms with van der Waals surface area (Å²) in [5.74, 6) is 1.18. The minimum Gasteiger partial charge on any atom is -0.335 e. The highest BCUT2D eigenvalue weighted by Gasteiger charge is 2.23. The first-order valence-electron chi connectivity index (χ1n) is 6.78. The van der Waals surface area contributed by atoms with Gasteiger partial charge in [-0.25, -0.2) is 4.98 Å². The standard InChI is InChI=1S/C13H20N4O/c1-15-6-8-16(9-7-15)13(18)11-10-17-5-3-2-4-12(17)14-11/h10H,2-9H2,1H3. The van der Waals surface area contributed by atoms with Crippen LogP contribution in [0.1, 0.15) is 29.2 Å². The number of hydrogen-bond acceptors (Lipinski definition) is 3. The van der Waals surface area contributed by atoms with Crippen molar-refractivity contribution < 1.29 is 4.79 Å². The van der Waals surface area contributed by atoms with Gasteiger partial charge in [-0.1, -0.05) is 0 Å². The zero-order chi connectivity index (χ0) is 12.5. The fourth-order valence-electron chi connectivity index (χ4n) is 2.69. The number of piperazine rings is 1. The molecule has 0 atom stereocenters. The van der Waals surface area contributed by atoms with Crippen molar-refractivity contribution in [1.82, 2.24) is 19.4 Å². The SMILES string of the molecule is CN1CCN(C(=O)c2cn3c(n2)CCCC3)CC1. The molecule has 2 aliphatic heterocycles. The van der Waals surface area contributed by atoms with E-state index in [2.05, 4.69) is 21.5 Å². The van der Waals surface area contributed by atoms with Crippen LogP contribution >= 0.6 is 0 Å². The largest absolute Gasteiger partial charge is 0.335 e. The second kappa shape index (κ2) is 4.72. The van der Waals surface area contributed by atoms with Gasteiger partial charge in [0.25, 0.3) is 5.91 Å². The molecule has 1 saturated heterocycles. The maximum Gasteiger partial charge on any atom is 0.274 e. The predicted octanol–water partition coefficient (Wildman–Crippen LogP) is 0.607. The first-order chi connectivity index (χ1) is 8.74. The monoisotopic (exact) mass is 248 g/mol. The van der Waals surface area contributed by atoms with Crippen LogP contribution in [0.3, 0.4) is 0 Å². The lowest BCUT2D eigenvalue weighted by molar-refractivity contribution is 0.0658. The van der Waals surface area contributed by atoms with Crippen LogP contribution in [0.25, 0.3) is 0 Å². The summed E-state index contributed by atoms with van der Waals surface area (Å²) >= 11 is 0. The summed E-state index contributed by atoms with van der Waals surface area (Å²) in [4.78, 5) is 21.0. The third-order valence-corrected chi connectivity index (χ3v) is 3.92. The molecule has 1 fully saturated rings. The van der Waals surface area contributed by atoms with Gasteiger partial charge in [0.05, 0.1) is 0 Å². The number of carbonyl (C=O) groups is 1. The Morgan fingerprint density at radius 2 is 1.94 bits per heavy atom. The number of hydrogen-bond donors (Lipinski definition) is 0. The second-order valence-corrected chi connectivity index (χ2v) is 5.29. The van der Waals surface area contributed by atoms with Crippen molar-refractivity contribution in [2.75, 3.05) is 33.2 Å². The van der Waals surface area contributed by atoms with Gasteiger partial charge in [-0.3, -0.25) is 4.79 Å². The van der Waals surface area contributed by atoms with Crippen LogP contribution in [0.5, 0.6) is 0 Å². The quantitative estimate of drug-likeness (QED) is 0.731. The van der Waals surface area contributed by atoms with Crippen molar-refractivity contribution in [2.24, 2.45) is 0 Å². The van der Waals surface area contributed by atoms with E-state index in [1.54, 1.807) is 0 Å².